The van der Waals surface area contributed by atoms with E-state index in [1.807, 2.05) is 84.9 Å². The highest BCUT2D eigenvalue weighted by Gasteiger charge is 2.18. The van der Waals surface area contributed by atoms with Crippen LogP contribution in [-0.2, 0) is 0 Å². The summed E-state index contributed by atoms with van der Waals surface area (Å²) in [5, 5.41) is 14.1. The Labute approximate surface area is 407 Å². The van der Waals surface area contributed by atoms with Crippen molar-refractivity contribution in [3.63, 3.8) is 0 Å². The van der Waals surface area contributed by atoms with Gasteiger partial charge in [-0.3, -0.25) is 5.41 Å². The van der Waals surface area contributed by atoms with Crippen LogP contribution in [0.5, 0.6) is 0 Å². The molecule has 0 saturated heterocycles. The molecular weight excluding hydrogens is 857 g/mol. The third-order valence-corrected chi connectivity index (χ3v) is 12.5. The van der Waals surface area contributed by atoms with Gasteiger partial charge in [0, 0.05) is 60.7 Å². The largest absolute Gasteiger partial charge is 0.456 e. The molecule has 1 aliphatic rings. The lowest BCUT2D eigenvalue weighted by Crippen LogP contribution is -2.27. The van der Waals surface area contributed by atoms with Gasteiger partial charge in [0.15, 0.2) is 5.42 Å². The molecule has 70 heavy (non-hydrogen) atoms. The molecule has 0 saturated carbocycles. The van der Waals surface area contributed by atoms with Crippen molar-refractivity contribution in [1.29, 1.82) is 5.41 Å². The SMILES string of the molecule is C=C1/C=c2\c(oc3ccccc23)=C/N(c2ccccc2)c2cc(C)ccc21.Cc1cccc(-n2c3ccccc3c3cc4c(cc32)oc2ccccc24)c1.Cc1ccccc1.N=C(N)c1ccccc1. The average molecular weight is 909 g/mol. The predicted octanol–water partition coefficient (Wildman–Crippen LogP) is 15.1. The van der Waals surface area contributed by atoms with Gasteiger partial charge in [-0.2, -0.15) is 0 Å². The number of nitrogens with one attached hydrogen (secondary N) is 1. The summed E-state index contributed by atoms with van der Waals surface area (Å²) in [7, 11) is 0. The number of para-hydroxylation sites is 4. The molecule has 6 nitrogen and oxygen atoms in total. The van der Waals surface area contributed by atoms with Crippen molar-refractivity contribution in [1.82, 2.24) is 4.57 Å². The molecule has 0 radical (unpaired) electrons. The number of benzene rings is 9. The van der Waals surface area contributed by atoms with E-state index in [9.17, 15) is 0 Å². The summed E-state index contributed by atoms with van der Waals surface area (Å²) in [5.41, 5.74) is 21.2. The standard InChI is InChI=1S/C25H17NO.C25H19NO.C7H8N2.C7H8/c1-16-7-6-8-17(13-16)26-22-11-4-2-9-18(22)20-14-21-19-10-3-5-12-24(19)27-25(21)15-23(20)26;1-17-12-13-20-18(2)15-22-21-10-6-7-11-24(21)27-25(22)16-26(23(20)14-17)19-8-4-3-5-9-19;8-7(9)6-4-2-1-3-5-6;1-7-5-3-2-4-6-7/h2-15H,1H3;3-16H,2H2,1H3;1-5H,(H3,8,9);2-6H,1H3/b;22-15-,25-16+;;. The summed E-state index contributed by atoms with van der Waals surface area (Å²) in [4.78, 5) is 2.20. The van der Waals surface area contributed by atoms with E-state index in [0.29, 0.717) is 0 Å². The van der Waals surface area contributed by atoms with Gasteiger partial charge in [0.25, 0.3) is 0 Å². The van der Waals surface area contributed by atoms with E-state index in [1.54, 1.807) is 0 Å². The molecule has 340 valence electrons. The fourth-order valence-corrected chi connectivity index (χ4v) is 9.07. The first kappa shape index (κ1) is 44.7. The maximum Gasteiger partial charge on any atom is 0.151 e. The Morgan fingerprint density at radius 3 is 1.73 bits per heavy atom. The van der Waals surface area contributed by atoms with Crippen LogP contribution in [0.2, 0.25) is 0 Å². The lowest BCUT2D eigenvalue weighted by Gasteiger charge is -2.25. The van der Waals surface area contributed by atoms with E-state index >= 15 is 0 Å². The van der Waals surface area contributed by atoms with Crippen LogP contribution in [0.15, 0.2) is 234 Å². The van der Waals surface area contributed by atoms with Gasteiger partial charge in [-0.25, -0.2) is 0 Å². The smallest absolute Gasteiger partial charge is 0.151 e. The van der Waals surface area contributed by atoms with Crippen molar-refractivity contribution in [3.05, 3.63) is 263 Å². The maximum atomic E-state index is 7.01. The van der Waals surface area contributed by atoms with Crippen LogP contribution in [0.25, 0.3) is 78.3 Å². The predicted molar refractivity (Wildman–Crippen MR) is 295 cm³/mol. The normalized spacial score (nSPS) is 12.7. The minimum atomic E-state index is 0.121. The number of amidine groups is 1. The number of hydrogen-bond donors (Lipinski definition) is 2. The molecule has 9 aromatic carbocycles. The van der Waals surface area contributed by atoms with Crippen molar-refractivity contribution in [3.8, 4) is 5.69 Å². The van der Waals surface area contributed by atoms with Gasteiger partial charge in [-0.1, -0.05) is 170 Å². The molecule has 0 fully saturated rings. The quantitative estimate of drug-likeness (QED) is 0.137. The van der Waals surface area contributed by atoms with Crippen molar-refractivity contribution < 1.29 is 8.83 Å². The Morgan fingerprint density at radius 1 is 0.471 bits per heavy atom. The highest BCUT2D eigenvalue weighted by atomic mass is 16.3. The van der Waals surface area contributed by atoms with E-state index < -0.39 is 0 Å². The van der Waals surface area contributed by atoms with E-state index in [-0.39, 0.29) is 5.84 Å². The van der Waals surface area contributed by atoms with E-state index in [2.05, 4.69) is 183 Å². The van der Waals surface area contributed by atoms with Crippen LogP contribution in [0, 0.1) is 26.2 Å². The number of furan rings is 2. The van der Waals surface area contributed by atoms with E-state index in [4.69, 9.17) is 20.0 Å². The Hall–Kier alpha value is -9.13. The van der Waals surface area contributed by atoms with Crippen LogP contribution >= 0.6 is 0 Å². The first-order valence-electron chi connectivity index (χ1n) is 23.4. The van der Waals surface area contributed by atoms with Crippen LogP contribution in [0.3, 0.4) is 0 Å². The monoisotopic (exact) mass is 908 g/mol. The Balaban J connectivity index is 0.000000124. The Bertz CT molecular complexity index is 3980. The summed E-state index contributed by atoms with van der Waals surface area (Å²) >= 11 is 0. The number of aryl methyl sites for hydroxylation is 3. The molecule has 0 amide bonds. The highest BCUT2D eigenvalue weighted by Crippen LogP contribution is 2.39. The molecule has 6 heteroatoms. The first-order chi connectivity index (χ1) is 34.2. The molecule has 0 unspecified atom stereocenters. The van der Waals surface area contributed by atoms with Gasteiger partial charge in [0.2, 0.25) is 0 Å². The minimum Gasteiger partial charge on any atom is -0.456 e. The Morgan fingerprint density at radius 2 is 1.06 bits per heavy atom. The molecule has 3 N–H and O–H groups in total. The van der Waals surface area contributed by atoms with Crippen molar-refractivity contribution >= 4 is 89.8 Å². The second-order valence-electron chi connectivity index (χ2n) is 17.5. The average Bonchev–Trinajstić information content (AvgIpc) is 4.04. The molecule has 0 atom stereocenters. The molecule has 13 rings (SSSR count). The maximum absolute atomic E-state index is 7.01. The van der Waals surface area contributed by atoms with Crippen LogP contribution in [-0.4, -0.2) is 10.4 Å². The number of anilines is 2. The fourth-order valence-electron chi connectivity index (χ4n) is 9.07. The van der Waals surface area contributed by atoms with E-state index in [1.165, 1.54) is 55.0 Å². The van der Waals surface area contributed by atoms with Gasteiger partial charge in [-0.05, 0) is 98.1 Å². The number of hydrogen-bond acceptors (Lipinski definition) is 4. The third-order valence-electron chi connectivity index (χ3n) is 12.5. The summed E-state index contributed by atoms with van der Waals surface area (Å²) in [6.45, 7) is 10.7. The summed E-state index contributed by atoms with van der Waals surface area (Å²) in [5.74, 6) is 0.121. The Kier molecular flexibility index (Phi) is 12.5. The second kappa shape index (κ2) is 19.6. The van der Waals surface area contributed by atoms with Crippen LogP contribution in [0.4, 0.5) is 11.4 Å². The number of nitrogen functional groups attached to an aromatic ring is 1. The van der Waals surface area contributed by atoms with Crippen molar-refractivity contribution in [2.45, 2.75) is 20.8 Å². The number of aromatic nitrogens is 1. The molecule has 4 heterocycles. The first-order valence-corrected chi connectivity index (χ1v) is 23.4. The van der Waals surface area contributed by atoms with Gasteiger partial charge in [0.1, 0.15) is 22.6 Å². The zero-order valence-corrected chi connectivity index (χ0v) is 39.4. The molecule has 12 aromatic rings. The number of fused-ring (bicyclic) bond motifs is 10. The van der Waals surface area contributed by atoms with E-state index in [0.717, 1.165) is 60.8 Å². The third kappa shape index (κ3) is 9.14. The second-order valence-corrected chi connectivity index (χ2v) is 17.5. The van der Waals surface area contributed by atoms with Gasteiger partial charge in [0.05, 0.1) is 22.9 Å². The van der Waals surface area contributed by atoms with Crippen LogP contribution < -0.4 is 21.3 Å². The molecule has 0 bridgehead atoms. The zero-order chi connectivity index (χ0) is 48.1. The lowest BCUT2D eigenvalue weighted by atomic mass is 9.99. The van der Waals surface area contributed by atoms with Crippen molar-refractivity contribution in [2.24, 2.45) is 5.73 Å². The highest BCUT2D eigenvalue weighted by molar-refractivity contribution is 6.17. The molecular formula is C64H52N4O2. The number of allylic oxidation sites excluding steroid dienone is 1. The molecule has 3 aromatic heterocycles. The molecule has 0 aliphatic carbocycles. The lowest BCUT2D eigenvalue weighted by molar-refractivity contribution is 0.574. The molecule has 0 spiro atoms. The van der Waals surface area contributed by atoms with Crippen LogP contribution in [0.1, 0.15) is 27.8 Å². The number of nitrogens with two attached hydrogens (primary N) is 1. The van der Waals surface area contributed by atoms with Crippen molar-refractivity contribution in [2.75, 3.05) is 4.90 Å². The number of nitrogens with zero attached hydrogens (tertiary/aromatic N) is 2. The van der Waals surface area contributed by atoms with Gasteiger partial charge >= 0.3 is 0 Å². The topological polar surface area (TPSA) is 84.3 Å². The minimum absolute atomic E-state index is 0.121. The summed E-state index contributed by atoms with van der Waals surface area (Å²) in [6, 6.07) is 74.5. The summed E-state index contributed by atoms with van der Waals surface area (Å²) in [6.07, 6.45) is 4.22. The molecule has 1 aliphatic heterocycles. The van der Waals surface area contributed by atoms with Gasteiger partial charge in [-0.15, -0.1) is 0 Å². The van der Waals surface area contributed by atoms with Gasteiger partial charge < -0.3 is 24.0 Å². The number of rotatable bonds is 3. The summed E-state index contributed by atoms with van der Waals surface area (Å²) < 4.78 is 14.7. The fraction of sp³-hybridized carbons (Fsp3) is 0.0469. The zero-order valence-electron chi connectivity index (χ0n) is 39.4.